The molecule has 3 rings (SSSR count). The molecule has 2 fully saturated rings. The molecule has 1 heterocycles. The van der Waals surface area contributed by atoms with Gasteiger partial charge in [0.25, 0.3) is 0 Å². The molecular weight excluding hydrogens is 402 g/mol. The summed E-state index contributed by atoms with van der Waals surface area (Å²) in [4.78, 5) is 14.8. The van der Waals surface area contributed by atoms with E-state index in [0.717, 1.165) is 18.8 Å². The third kappa shape index (κ3) is 5.81. The second-order valence-electron chi connectivity index (χ2n) is 8.98. The van der Waals surface area contributed by atoms with Crippen LogP contribution < -0.4 is 5.32 Å². The van der Waals surface area contributed by atoms with Crippen molar-refractivity contribution in [3.63, 3.8) is 0 Å². The fraction of sp³-hybridized carbons (Fsp3) is 0.682. The van der Waals surface area contributed by atoms with Crippen LogP contribution in [0.1, 0.15) is 46.5 Å². The molecule has 30 heavy (non-hydrogen) atoms. The molecule has 0 radical (unpaired) electrons. The van der Waals surface area contributed by atoms with Gasteiger partial charge in [0.15, 0.2) is 0 Å². The monoisotopic (exact) mass is 437 g/mol. The van der Waals surface area contributed by atoms with E-state index in [0.29, 0.717) is 31.4 Å². The molecule has 0 aromatic heterocycles. The van der Waals surface area contributed by atoms with Crippen LogP contribution in [-0.2, 0) is 19.6 Å². The van der Waals surface area contributed by atoms with Gasteiger partial charge in [0.2, 0.25) is 15.9 Å². The molecule has 1 aromatic carbocycles. The van der Waals surface area contributed by atoms with Crippen molar-refractivity contribution in [2.45, 2.75) is 69.6 Å². The average Bonchev–Trinajstić information content (AvgIpc) is 2.68. The van der Waals surface area contributed by atoms with Gasteiger partial charge in [-0.1, -0.05) is 6.92 Å². The van der Waals surface area contributed by atoms with Crippen LogP contribution in [0.4, 0.5) is 5.69 Å². The van der Waals surface area contributed by atoms with Gasteiger partial charge < -0.3 is 10.1 Å². The SMILES string of the molecule is CC1CCC(N(C)CC(=O)Nc2ccc(S(=O)(=O)N3CC(C)OC(C)C3)cc2)CC1. The number of nitrogens with one attached hydrogen (secondary N) is 1. The Morgan fingerprint density at radius 2 is 1.63 bits per heavy atom. The van der Waals surface area contributed by atoms with E-state index in [1.165, 1.54) is 17.1 Å². The number of amides is 1. The summed E-state index contributed by atoms with van der Waals surface area (Å²) in [7, 11) is -1.58. The molecule has 0 bridgehead atoms. The number of sulfonamides is 1. The van der Waals surface area contributed by atoms with Gasteiger partial charge in [-0.2, -0.15) is 4.31 Å². The van der Waals surface area contributed by atoms with Crippen LogP contribution in [0.3, 0.4) is 0 Å². The summed E-state index contributed by atoms with van der Waals surface area (Å²) in [6.07, 6.45) is 4.44. The molecule has 2 aliphatic rings. The van der Waals surface area contributed by atoms with E-state index in [4.69, 9.17) is 4.74 Å². The van der Waals surface area contributed by atoms with E-state index in [1.54, 1.807) is 24.3 Å². The van der Waals surface area contributed by atoms with Gasteiger partial charge in [-0.15, -0.1) is 0 Å². The highest BCUT2D eigenvalue weighted by Gasteiger charge is 2.32. The second kappa shape index (κ2) is 9.77. The summed E-state index contributed by atoms with van der Waals surface area (Å²) in [5.74, 6) is 0.699. The molecule has 1 aliphatic carbocycles. The number of anilines is 1. The molecule has 1 saturated carbocycles. The number of hydrogen-bond donors (Lipinski definition) is 1. The number of likely N-dealkylation sites (N-methyl/N-ethyl adjacent to an activating group) is 1. The van der Waals surface area contributed by atoms with Crippen LogP contribution in [0.2, 0.25) is 0 Å². The van der Waals surface area contributed by atoms with E-state index in [1.807, 2.05) is 20.9 Å². The predicted octanol–water partition coefficient (Wildman–Crippen LogP) is 2.93. The van der Waals surface area contributed by atoms with Gasteiger partial charge >= 0.3 is 0 Å². The zero-order valence-corrected chi connectivity index (χ0v) is 19.3. The third-order valence-electron chi connectivity index (χ3n) is 6.16. The first-order valence-corrected chi connectivity index (χ1v) is 12.3. The zero-order valence-electron chi connectivity index (χ0n) is 18.5. The summed E-state index contributed by atoms with van der Waals surface area (Å²) in [6.45, 7) is 7.06. The summed E-state index contributed by atoms with van der Waals surface area (Å²) in [5, 5.41) is 2.88. The van der Waals surface area contributed by atoms with Crippen molar-refractivity contribution in [2.24, 2.45) is 5.92 Å². The third-order valence-corrected chi connectivity index (χ3v) is 8.01. The molecule has 168 valence electrons. The van der Waals surface area contributed by atoms with Gasteiger partial charge in [0, 0.05) is 24.8 Å². The number of morpholine rings is 1. The Balaban J connectivity index is 1.56. The Bertz CT molecular complexity index is 809. The van der Waals surface area contributed by atoms with Crippen LogP contribution in [0.15, 0.2) is 29.2 Å². The number of carbonyl (C=O) groups is 1. The van der Waals surface area contributed by atoms with Crippen molar-refractivity contribution in [2.75, 3.05) is 32.0 Å². The fourth-order valence-electron chi connectivity index (χ4n) is 4.43. The minimum Gasteiger partial charge on any atom is -0.373 e. The zero-order chi connectivity index (χ0) is 21.9. The summed E-state index contributed by atoms with van der Waals surface area (Å²) >= 11 is 0. The van der Waals surface area contributed by atoms with Crippen molar-refractivity contribution in [1.29, 1.82) is 0 Å². The molecule has 1 N–H and O–H groups in total. The Morgan fingerprint density at radius 1 is 1.07 bits per heavy atom. The van der Waals surface area contributed by atoms with E-state index < -0.39 is 10.0 Å². The molecule has 7 nitrogen and oxygen atoms in total. The van der Waals surface area contributed by atoms with Crippen molar-refractivity contribution in [3.8, 4) is 0 Å². The number of carbonyl (C=O) groups excluding carboxylic acids is 1. The van der Waals surface area contributed by atoms with Crippen LogP contribution in [0.25, 0.3) is 0 Å². The predicted molar refractivity (Wildman–Crippen MR) is 118 cm³/mol. The number of hydrogen-bond acceptors (Lipinski definition) is 5. The normalized spacial score (nSPS) is 28.4. The molecule has 2 atom stereocenters. The highest BCUT2D eigenvalue weighted by atomic mass is 32.2. The topological polar surface area (TPSA) is 79.0 Å². The lowest BCUT2D eigenvalue weighted by Crippen LogP contribution is -2.48. The summed E-state index contributed by atoms with van der Waals surface area (Å²) < 4.78 is 33.0. The number of benzene rings is 1. The first-order valence-electron chi connectivity index (χ1n) is 10.9. The van der Waals surface area contributed by atoms with Crippen molar-refractivity contribution < 1.29 is 17.9 Å². The minimum atomic E-state index is -3.58. The van der Waals surface area contributed by atoms with Gasteiger partial charge in [-0.05, 0) is 76.8 Å². The first kappa shape index (κ1) is 23.2. The Kier molecular flexibility index (Phi) is 7.55. The Hall–Kier alpha value is -1.48. The summed E-state index contributed by atoms with van der Waals surface area (Å²) in [5.41, 5.74) is 0.605. The van der Waals surface area contributed by atoms with Gasteiger partial charge in [0.05, 0.1) is 23.6 Å². The molecule has 1 aliphatic heterocycles. The Labute approximate surface area is 180 Å². The maximum Gasteiger partial charge on any atom is 0.243 e. The van der Waals surface area contributed by atoms with Gasteiger partial charge in [0.1, 0.15) is 0 Å². The lowest BCUT2D eigenvalue weighted by molar-refractivity contribution is -0.117. The van der Waals surface area contributed by atoms with Crippen LogP contribution in [-0.4, -0.2) is 68.5 Å². The van der Waals surface area contributed by atoms with Gasteiger partial charge in [-0.3, -0.25) is 9.69 Å². The second-order valence-corrected chi connectivity index (χ2v) is 10.9. The average molecular weight is 438 g/mol. The summed E-state index contributed by atoms with van der Waals surface area (Å²) in [6, 6.07) is 6.88. The van der Waals surface area contributed by atoms with Crippen LogP contribution in [0.5, 0.6) is 0 Å². The smallest absolute Gasteiger partial charge is 0.243 e. The Morgan fingerprint density at radius 3 is 2.20 bits per heavy atom. The van der Waals surface area contributed by atoms with Crippen molar-refractivity contribution in [1.82, 2.24) is 9.21 Å². The van der Waals surface area contributed by atoms with E-state index in [-0.39, 0.29) is 23.0 Å². The van der Waals surface area contributed by atoms with E-state index in [2.05, 4.69) is 17.1 Å². The van der Waals surface area contributed by atoms with Gasteiger partial charge in [-0.25, -0.2) is 8.42 Å². The number of rotatable bonds is 6. The van der Waals surface area contributed by atoms with Crippen molar-refractivity contribution >= 4 is 21.6 Å². The number of nitrogens with zero attached hydrogens (tertiary/aromatic N) is 2. The lowest BCUT2D eigenvalue weighted by Gasteiger charge is -2.34. The highest BCUT2D eigenvalue weighted by molar-refractivity contribution is 7.89. The molecule has 1 saturated heterocycles. The first-order chi connectivity index (χ1) is 14.1. The molecule has 1 aromatic rings. The highest BCUT2D eigenvalue weighted by Crippen LogP contribution is 2.26. The van der Waals surface area contributed by atoms with E-state index >= 15 is 0 Å². The van der Waals surface area contributed by atoms with Crippen LogP contribution >= 0.6 is 0 Å². The molecule has 0 spiro atoms. The minimum absolute atomic E-state index is 0.0810. The largest absolute Gasteiger partial charge is 0.373 e. The molecular formula is C22H35N3O4S. The maximum atomic E-state index is 12.9. The standard InChI is InChI=1S/C22H35N3O4S/c1-16-5-9-20(10-6-16)24(4)15-22(26)23-19-7-11-21(12-8-19)30(27,28)25-13-17(2)29-18(3)14-25/h7-8,11-12,16-18,20H,5-6,9-10,13-15H2,1-4H3,(H,23,26). The fourth-order valence-corrected chi connectivity index (χ4v) is 6.02. The maximum absolute atomic E-state index is 12.9. The quantitative estimate of drug-likeness (QED) is 0.740. The molecule has 1 amide bonds. The van der Waals surface area contributed by atoms with Crippen molar-refractivity contribution in [3.05, 3.63) is 24.3 Å². The molecule has 8 heteroatoms. The molecule has 2 unspecified atom stereocenters. The van der Waals surface area contributed by atoms with E-state index in [9.17, 15) is 13.2 Å². The number of ether oxygens (including phenoxy) is 1. The van der Waals surface area contributed by atoms with Crippen LogP contribution in [0, 0.1) is 5.92 Å². The lowest BCUT2D eigenvalue weighted by atomic mass is 9.87.